The quantitative estimate of drug-likeness (QED) is 0.824. The van der Waals surface area contributed by atoms with E-state index in [1.54, 1.807) is 4.68 Å². The fourth-order valence-corrected chi connectivity index (χ4v) is 1.79. The summed E-state index contributed by atoms with van der Waals surface area (Å²) in [6.45, 7) is 3.05. The first-order valence-corrected chi connectivity index (χ1v) is 6.31. The van der Waals surface area contributed by atoms with Crippen LogP contribution in [-0.2, 0) is 13.0 Å². The number of nitrogens with zero attached hydrogens (tertiary/aromatic N) is 2. The number of aliphatic hydroxyl groups is 1. The smallest absolute Gasteiger partial charge is 0.122 e. The zero-order valence-corrected chi connectivity index (χ0v) is 11.0. The number of ether oxygens (including phenoxy) is 1. The van der Waals surface area contributed by atoms with Crippen LogP contribution in [0.1, 0.15) is 11.3 Å². The standard InChI is InChI=1S/C14H19N3O2/c1-11-2-4-13(5-3-11)19-9-6-12-10-14(15)17(16-12)7-8-18/h2-5,10,18H,6-9,15H2,1H3. The maximum absolute atomic E-state index is 8.86. The lowest BCUT2D eigenvalue weighted by molar-refractivity contribution is 0.269. The van der Waals surface area contributed by atoms with Gasteiger partial charge in [-0.05, 0) is 19.1 Å². The highest BCUT2D eigenvalue weighted by molar-refractivity contribution is 5.31. The van der Waals surface area contributed by atoms with Crippen molar-refractivity contribution in [3.8, 4) is 5.75 Å². The molecular formula is C14H19N3O2. The number of aliphatic hydroxyl groups excluding tert-OH is 1. The largest absolute Gasteiger partial charge is 0.493 e. The molecule has 1 aromatic heterocycles. The molecule has 0 aliphatic heterocycles. The SMILES string of the molecule is Cc1ccc(OCCc2cc(N)n(CCO)n2)cc1. The maximum atomic E-state index is 8.86. The number of hydrogen-bond donors (Lipinski definition) is 2. The monoisotopic (exact) mass is 261 g/mol. The lowest BCUT2D eigenvalue weighted by Crippen LogP contribution is -2.08. The van der Waals surface area contributed by atoms with Crippen LogP contribution in [0.25, 0.3) is 0 Å². The Morgan fingerprint density at radius 1 is 1.32 bits per heavy atom. The van der Waals surface area contributed by atoms with Crippen molar-refractivity contribution in [2.24, 2.45) is 0 Å². The third kappa shape index (κ3) is 3.72. The molecule has 0 atom stereocenters. The van der Waals surface area contributed by atoms with Crippen molar-refractivity contribution in [2.45, 2.75) is 19.9 Å². The van der Waals surface area contributed by atoms with Gasteiger partial charge in [0, 0.05) is 12.5 Å². The summed E-state index contributed by atoms with van der Waals surface area (Å²) in [5, 5.41) is 13.2. The van der Waals surface area contributed by atoms with E-state index in [0.29, 0.717) is 25.4 Å². The number of aryl methyl sites for hydroxylation is 1. The molecule has 0 fully saturated rings. The van der Waals surface area contributed by atoms with Gasteiger partial charge in [0.05, 0.1) is 25.5 Å². The minimum Gasteiger partial charge on any atom is -0.493 e. The van der Waals surface area contributed by atoms with E-state index in [9.17, 15) is 0 Å². The highest BCUT2D eigenvalue weighted by Crippen LogP contribution is 2.12. The third-order valence-electron chi connectivity index (χ3n) is 2.82. The molecule has 19 heavy (non-hydrogen) atoms. The van der Waals surface area contributed by atoms with E-state index < -0.39 is 0 Å². The van der Waals surface area contributed by atoms with Crippen molar-refractivity contribution in [3.05, 3.63) is 41.6 Å². The van der Waals surface area contributed by atoms with Crippen LogP contribution in [0, 0.1) is 6.92 Å². The van der Waals surface area contributed by atoms with Crippen LogP contribution in [0.4, 0.5) is 5.82 Å². The lowest BCUT2D eigenvalue weighted by atomic mass is 10.2. The van der Waals surface area contributed by atoms with Gasteiger partial charge >= 0.3 is 0 Å². The summed E-state index contributed by atoms with van der Waals surface area (Å²) in [6.07, 6.45) is 0.691. The maximum Gasteiger partial charge on any atom is 0.122 e. The Hall–Kier alpha value is -2.01. The summed E-state index contributed by atoms with van der Waals surface area (Å²) in [5.41, 5.74) is 7.86. The summed E-state index contributed by atoms with van der Waals surface area (Å²) in [5.74, 6) is 1.42. The van der Waals surface area contributed by atoms with Gasteiger partial charge in [-0.2, -0.15) is 5.10 Å². The van der Waals surface area contributed by atoms with Gasteiger partial charge < -0.3 is 15.6 Å². The molecule has 3 N–H and O–H groups in total. The molecule has 0 bridgehead atoms. The summed E-state index contributed by atoms with van der Waals surface area (Å²) in [4.78, 5) is 0. The predicted molar refractivity (Wildman–Crippen MR) is 74.1 cm³/mol. The number of benzene rings is 1. The van der Waals surface area contributed by atoms with E-state index in [1.165, 1.54) is 5.56 Å². The van der Waals surface area contributed by atoms with Crippen molar-refractivity contribution in [1.82, 2.24) is 9.78 Å². The minimum atomic E-state index is 0.0329. The molecule has 1 heterocycles. The Labute approximate surface area is 112 Å². The molecule has 0 unspecified atom stereocenters. The number of anilines is 1. The van der Waals surface area contributed by atoms with Gasteiger partial charge in [-0.15, -0.1) is 0 Å². The average molecular weight is 261 g/mol. The summed E-state index contributed by atoms with van der Waals surface area (Å²) in [6, 6.07) is 9.75. The molecule has 0 aliphatic carbocycles. The van der Waals surface area contributed by atoms with E-state index in [-0.39, 0.29) is 6.61 Å². The number of nitrogens with two attached hydrogens (primary N) is 1. The zero-order valence-electron chi connectivity index (χ0n) is 11.0. The second-order valence-corrected chi connectivity index (χ2v) is 4.42. The minimum absolute atomic E-state index is 0.0329. The molecular weight excluding hydrogens is 242 g/mol. The molecule has 102 valence electrons. The van der Waals surface area contributed by atoms with Gasteiger partial charge in [-0.1, -0.05) is 17.7 Å². The Morgan fingerprint density at radius 3 is 2.74 bits per heavy atom. The molecule has 2 rings (SSSR count). The highest BCUT2D eigenvalue weighted by atomic mass is 16.5. The first-order valence-electron chi connectivity index (χ1n) is 6.31. The Bertz CT molecular complexity index is 520. The molecule has 0 saturated carbocycles. The zero-order chi connectivity index (χ0) is 13.7. The van der Waals surface area contributed by atoms with Gasteiger partial charge in [0.1, 0.15) is 11.6 Å². The van der Waals surface area contributed by atoms with Crippen LogP contribution in [-0.4, -0.2) is 28.1 Å². The number of aromatic nitrogens is 2. The van der Waals surface area contributed by atoms with Gasteiger partial charge in [0.2, 0.25) is 0 Å². The van der Waals surface area contributed by atoms with Crippen molar-refractivity contribution in [3.63, 3.8) is 0 Å². The van der Waals surface area contributed by atoms with E-state index in [2.05, 4.69) is 5.10 Å². The van der Waals surface area contributed by atoms with Gasteiger partial charge in [-0.25, -0.2) is 4.68 Å². The van der Waals surface area contributed by atoms with E-state index >= 15 is 0 Å². The molecule has 0 radical (unpaired) electrons. The molecule has 0 amide bonds. The normalized spacial score (nSPS) is 10.6. The third-order valence-corrected chi connectivity index (χ3v) is 2.82. The molecule has 1 aromatic carbocycles. The average Bonchev–Trinajstić information content (AvgIpc) is 2.73. The molecule has 0 aliphatic rings. The Balaban J connectivity index is 1.85. The van der Waals surface area contributed by atoms with Crippen LogP contribution in [0.15, 0.2) is 30.3 Å². The highest BCUT2D eigenvalue weighted by Gasteiger charge is 2.04. The first-order chi connectivity index (χ1) is 9.19. The van der Waals surface area contributed by atoms with Gasteiger partial charge in [-0.3, -0.25) is 0 Å². The van der Waals surface area contributed by atoms with E-state index in [0.717, 1.165) is 11.4 Å². The Morgan fingerprint density at radius 2 is 2.05 bits per heavy atom. The van der Waals surface area contributed by atoms with Crippen LogP contribution < -0.4 is 10.5 Å². The fraction of sp³-hybridized carbons (Fsp3) is 0.357. The predicted octanol–water partition coefficient (Wildman–Crippen LogP) is 1.39. The van der Waals surface area contributed by atoms with Crippen LogP contribution in [0.5, 0.6) is 5.75 Å². The summed E-state index contributed by atoms with van der Waals surface area (Å²) < 4.78 is 7.23. The lowest BCUT2D eigenvalue weighted by Gasteiger charge is -2.05. The molecule has 0 spiro atoms. The number of rotatable bonds is 6. The Kier molecular flexibility index (Phi) is 4.41. The molecule has 5 heteroatoms. The second-order valence-electron chi connectivity index (χ2n) is 4.42. The van der Waals surface area contributed by atoms with E-state index in [1.807, 2.05) is 37.3 Å². The van der Waals surface area contributed by atoms with Crippen molar-refractivity contribution in [1.29, 1.82) is 0 Å². The van der Waals surface area contributed by atoms with Crippen LogP contribution in [0.3, 0.4) is 0 Å². The summed E-state index contributed by atoms with van der Waals surface area (Å²) >= 11 is 0. The van der Waals surface area contributed by atoms with Crippen molar-refractivity contribution >= 4 is 5.82 Å². The van der Waals surface area contributed by atoms with Crippen LogP contribution >= 0.6 is 0 Å². The molecule has 0 saturated heterocycles. The number of hydrogen-bond acceptors (Lipinski definition) is 4. The van der Waals surface area contributed by atoms with E-state index in [4.69, 9.17) is 15.6 Å². The van der Waals surface area contributed by atoms with Gasteiger partial charge in [0.25, 0.3) is 0 Å². The topological polar surface area (TPSA) is 73.3 Å². The first kappa shape index (κ1) is 13.4. The molecule has 5 nitrogen and oxygen atoms in total. The van der Waals surface area contributed by atoms with Crippen LogP contribution in [0.2, 0.25) is 0 Å². The van der Waals surface area contributed by atoms with Crippen molar-refractivity contribution in [2.75, 3.05) is 18.9 Å². The molecule has 2 aromatic rings. The van der Waals surface area contributed by atoms with Gasteiger partial charge in [0.15, 0.2) is 0 Å². The summed E-state index contributed by atoms with van der Waals surface area (Å²) in [7, 11) is 0. The number of nitrogen functional groups attached to an aromatic ring is 1. The fourth-order valence-electron chi connectivity index (χ4n) is 1.79. The second kappa shape index (κ2) is 6.24. The van der Waals surface area contributed by atoms with Crippen molar-refractivity contribution < 1.29 is 9.84 Å².